The molecule has 80 valence electrons. The molecule has 0 aliphatic rings. The summed E-state index contributed by atoms with van der Waals surface area (Å²) in [5, 5.41) is 0. The van der Waals surface area contributed by atoms with Gasteiger partial charge in [0.05, 0.1) is 14.2 Å². The molecule has 0 atom stereocenters. The van der Waals surface area contributed by atoms with Crippen LogP contribution in [0.1, 0.15) is 12.5 Å². The predicted molar refractivity (Wildman–Crippen MR) is 59.3 cm³/mol. The van der Waals surface area contributed by atoms with Crippen LogP contribution in [0.25, 0.3) is 5.57 Å². The number of carbonyl (C=O) groups is 1. The van der Waals surface area contributed by atoms with E-state index in [1.54, 1.807) is 32.4 Å². The Bertz CT molecular complexity index is 394. The second-order valence-electron chi connectivity index (χ2n) is 3.10. The third-order valence-electron chi connectivity index (χ3n) is 2.16. The summed E-state index contributed by atoms with van der Waals surface area (Å²) in [5.74, 6) is 1.21. The summed E-state index contributed by atoms with van der Waals surface area (Å²) in [4.78, 5) is 11.2. The van der Waals surface area contributed by atoms with Gasteiger partial charge in [-0.1, -0.05) is 6.58 Å². The lowest BCUT2D eigenvalue weighted by molar-refractivity contribution is -0.111. The van der Waals surface area contributed by atoms with Crippen molar-refractivity contribution < 1.29 is 14.3 Å². The minimum absolute atomic E-state index is 0.0819. The maximum atomic E-state index is 11.2. The van der Waals surface area contributed by atoms with E-state index in [1.165, 1.54) is 6.92 Å². The number of carbonyl (C=O) groups excluding carboxylic acids is 1. The molecule has 0 spiro atoms. The van der Waals surface area contributed by atoms with Crippen LogP contribution in [0.4, 0.5) is 0 Å². The van der Waals surface area contributed by atoms with Crippen molar-refractivity contribution in [1.82, 2.24) is 0 Å². The molecular weight excluding hydrogens is 192 g/mol. The minimum atomic E-state index is -0.0819. The third kappa shape index (κ3) is 2.37. The molecule has 0 unspecified atom stereocenters. The Labute approximate surface area is 89.3 Å². The van der Waals surface area contributed by atoms with Crippen molar-refractivity contribution in [2.45, 2.75) is 6.92 Å². The van der Waals surface area contributed by atoms with Gasteiger partial charge in [0.25, 0.3) is 0 Å². The molecule has 3 heteroatoms. The minimum Gasteiger partial charge on any atom is -0.497 e. The van der Waals surface area contributed by atoms with Crippen LogP contribution in [-0.4, -0.2) is 20.0 Å². The lowest BCUT2D eigenvalue weighted by atomic mass is 10.0. The van der Waals surface area contributed by atoms with Gasteiger partial charge >= 0.3 is 0 Å². The molecule has 0 heterocycles. The van der Waals surface area contributed by atoms with Gasteiger partial charge in [-0.25, -0.2) is 0 Å². The van der Waals surface area contributed by atoms with E-state index < -0.39 is 0 Å². The van der Waals surface area contributed by atoms with Gasteiger partial charge < -0.3 is 9.47 Å². The van der Waals surface area contributed by atoms with Crippen molar-refractivity contribution >= 4 is 11.4 Å². The van der Waals surface area contributed by atoms with E-state index in [0.717, 1.165) is 0 Å². The first-order valence-electron chi connectivity index (χ1n) is 4.52. The second kappa shape index (κ2) is 4.64. The summed E-state index contributed by atoms with van der Waals surface area (Å²) >= 11 is 0. The number of allylic oxidation sites excluding steroid dienone is 1. The fourth-order valence-electron chi connectivity index (χ4n) is 1.24. The van der Waals surface area contributed by atoms with Crippen molar-refractivity contribution in [2.75, 3.05) is 14.2 Å². The van der Waals surface area contributed by atoms with Gasteiger partial charge in [0.1, 0.15) is 11.5 Å². The molecule has 0 N–H and O–H groups in total. The number of methoxy groups -OCH3 is 2. The second-order valence-corrected chi connectivity index (χ2v) is 3.10. The fourth-order valence-corrected chi connectivity index (χ4v) is 1.24. The van der Waals surface area contributed by atoms with Crippen molar-refractivity contribution in [2.24, 2.45) is 0 Å². The van der Waals surface area contributed by atoms with Gasteiger partial charge in [-0.05, 0) is 25.1 Å². The van der Waals surface area contributed by atoms with Crippen LogP contribution >= 0.6 is 0 Å². The van der Waals surface area contributed by atoms with Crippen LogP contribution in [0.2, 0.25) is 0 Å². The van der Waals surface area contributed by atoms with Gasteiger partial charge in [0.15, 0.2) is 5.78 Å². The average molecular weight is 206 g/mol. The Balaban J connectivity index is 3.23. The van der Waals surface area contributed by atoms with Gasteiger partial charge in [0, 0.05) is 11.1 Å². The predicted octanol–water partition coefficient (Wildman–Crippen LogP) is 2.31. The zero-order valence-corrected chi connectivity index (χ0v) is 9.16. The van der Waals surface area contributed by atoms with Gasteiger partial charge in [-0.3, -0.25) is 4.79 Å². The zero-order chi connectivity index (χ0) is 11.4. The van der Waals surface area contributed by atoms with Gasteiger partial charge in [0.2, 0.25) is 0 Å². The number of hydrogen-bond acceptors (Lipinski definition) is 3. The Morgan fingerprint density at radius 2 is 1.93 bits per heavy atom. The molecule has 15 heavy (non-hydrogen) atoms. The van der Waals surface area contributed by atoms with E-state index in [4.69, 9.17) is 9.47 Å². The third-order valence-corrected chi connectivity index (χ3v) is 2.16. The Morgan fingerprint density at radius 1 is 1.27 bits per heavy atom. The molecule has 0 saturated heterocycles. The highest BCUT2D eigenvalue weighted by Gasteiger charge is 2.11. The molecule has 0 amide bonds. The van der Waals surface area contributed by atoms with Crippen LogP contribution in [0.15, 0.2) is 24.8 Å². The first kappa shape index (κ1) is 11.3. The van der Waals surface area contributed by atoms with E-state index in [0.29, 0.717) is 22.6 Å². The highest BCUT2D eigenvalue weighted by atomic mass is 16.5. The maximum Gasteiger partial charge on any atom is 0.159 e. The molecule has 0 saturated carbocycles. The fraction of sp³-hybridized carbons (Fsp3) is 0.250. The molecule has 0 radical (unpaired) electrons. The maximum absolute atomic E-state index is 11.2. The molecule has 1 aromatic rings. The quantitative estimate of drug-likeness (QED) is 0.709. The Kier molecular flexibility index (Phi) is 3.50. The molecular formula is C12H14O3. The van der Waals surface area contributed by atoms with Crippen LogP contribution in [-0.2, 0) is 4.79 Å². The summed E-state index contributed by atoms with van der Waals surface area (Å²) in [6.07, 6.45) is 0. The van der Waals surface area contributed by atoms with E-state index in [-0.39, 0.29) is 5.78 Å². The number of ketones is 1. The molecule has 1 rings (SSSR count). The molecule has 0 aromatic heterocycles. The van der Waals surface area contributed by atoms with E-state index in [1.807, 2.05) is 0 Å². The highest BCUT2D eigenvalue weighted by molar-refractivity contribution is 6.19. The molecule has 0 fully saturated rings. The number of hydrogen-bond donors (Lipinski definition) is 0. The summed E-state index contributed by atoms with van der Waals surface area (Å²) in [7, 11) is 3.13. The van der Waals surface area contributed by atoms with E-state index in [9.17, 15) is 4.79 Å². The largest absolute Gasteiger partial charge is 0.497 e. The van der Waals surface area contributed by atoms with Crippen LogP contribution < -0.4 is 9.47 Å². The summed E-state index contributed by atoms with van der Waals surface area (Å²) in [5.41, 5.74) is 1.09. The lowest BCUT2D eigenvalue weighted by Crippen LogP contribution is -1.98. The summed E-state index contributed by atoms with van der Waals surface area (Å²) in [6.45, 7) is 5.20. The van der Waals surface area contributed by atoms with Crippen LogP contribution in [0.5, 0.6) is 11.5 Å². The SMILES string of the molecule is C=C(C(C)=O)c1cc(OC)ccc1OC. The van der Waals surface area contributed by atoms with Gasteiger partial charge in [-0.15, -0.1) is 0 Å². The molecule has 0 aliphatic carbocycles. The standard InChI is InChI=1S/C12H14O3/c1-8(9(2)13)11-7-10(14-3)5-6-12(11)15-4/h5-7H,1H2,2-4H3. The Hall–Kier alpha value is -1.77. The number of benzene rings is 1. The molecule has 0 bridgehead atoms. The van der Waals surface area contributed by atoms with E-state index >= 15 is 0 Å². The monoisotopic (exact) mass is 206 g/mol. The average Bonchev–Trinajstić information content (AvgIpc) is 2.27. The lowest BCUT2D eigenvalue weighted by Gasteiger charge is -2.10. The van der Waals surface area contributed by atoms with Crippen molar-refractivity contribution in [3.05, 3.63) is 30.3 Å². The number of ether oxygens (including phenoxy) is 2. The number of Topliss-reactive ketones (excluding diaryl/α,β-unsaturated/α-hetero) is 1. The van der Waals surface area contributed by atoms with Crippen molar-refractivity contribution in [3.63, 3.8) is 0 Å². The topological polar surface area (TPSA) is 35.5 Å². The number of rotatable bonds is 4. The zero-order valence-electron chi connectivity index (χ0n) is 9.16. The van der Waals surface area contributed by atoms with Crippen molar-refractivity contribution in [1.29, 1.82) is 0 Å². The normalized spacial score (nSPS) is 9.53. The van der Waals surface area contributed by atoms with E-state index in [2.05, 4.69) is 6.58 Å². The van der Waals surface area contributed by atoms with Crippen LogP contribution in [0, 0.1) is 0 Å². The van der Waals surface area contributed by atoms with Crippen molar-refractivity contribution in [3.8, 4) is 11.5 Å². The highest BCUT2D eigenvalue weighted by Crippen LogP contribution is 2.29. The summed E-state index contributed by atoms with van der Waals surface area (Å²) < 4.78 is 10.2. The molecule has 1 aromatic carbocycles. The Morgan fingerprint density at radius 3 is 2.40 bits per heavy atom. The van der Waals surface area contributed by atoms with Crippen LogP contribution in [0.3, 0.4) is 0 Å². The van der Waals surface area contributed by atoms with Gasteiger partial charge in [-0.2, -0.15) is 0 Å². The first-order chi connectivity index (χ1) is 7.10. The summed E-state index contributed by atoms with van der Waals surface area (Å²) in [6, 6.07) is 5.26. The molecule has 0 aliphatic heterocycles. The molecule has 3 nitrogen and oxygen atoms in total. The first-order valence-corrected chi connectivity index (χ1v) is 4.52. The smallest absolute Gasteiger partial charge is 0.159 e.